The number of rotatable bonds is 3. The Labute approximate surface area is 102 Å². The van der Waals surface area contributed by atoms with Crippen molar-refractivity contribution in [3.63, 3.8) is 0 Å². The van der Waals surface area contributed by atoms with Crippen molar-refractivity contribution in [1.29, 1.82) is 0 Å². The summed E-state index contributed by atoms with van der Waals surface area (Å²) in [5, 5.41) is 28.5. The molecule has 0 aliphatic carbocycles. The molecule has 0 aromatic carbocycles. The molecule has 100 valence electrons. The standard InChI is InChI=1S/C10H14N2O6/c1-17-9-4(2-11-10(16)12-9)8-7(15)6(14)5(3-13)18-8/h2,5-8,13-15H,3H2,1H3,(H,11,12,16)/t5-,6-,7-,8+/m1/s1. The Kier molecular flexibility index (Phi) is 3.62. The van der Waals surface area contributed by atoms with E-state index in [1.54, 1.807) is 0 Å². The fraction of sp³-hybridized carbons (Fsp3) is 0.600. The van der Waals surface area contributed by atoms with Crippen LogP contribution in [0.25, 0.3) is 0 Å². The van der Waals surface area contributed by atoms with Gasteiger partial charge in [-0.2, -0.15) is 0 Å². The van der Waals surface area contributed by atoms with Crippen LogP contribution in [0, 0.1) is 0 Å². The molecule has 0 bridgehead atoms. The zero-order valence-electron chi connectivity index (χ0n) is 9.61. The Hall–Kier alpha value is -1.48. The normalized spacial score (nSPS) is 31.6. The summed E-state index contributed by atoms with van der Waals surface area (Å²) in [6, 6.07) is 0. The Balaban J connectivity index is 2.35. The number of aromatic nitrogens is 2. The van der Waals surface area contributed by atoms with Gasteiger partial charge in [-0.3, -0.25) is 4.98 Å². The molecule has 2 heterocycles. The molecular formula is C10H14N2O6. The molecule has 2 rings (SSSR count). The van der Waals surface area contributed by atoms with Gasteiger partial charge in [-0.25, -0.2) is 9.78 Å². The van der Waals surface area contributed by atoms with Crippen LogP contribution >= 0.6 is 0 Å². The van der Waals surface area contributed by atoms with Crippen molar-refractivity contribution in [2.45, 2.75) is 24.4 Å². The summed E-state index contributed by atoms with van der Waals surface area (Å²) >= 11 is 0. The number of nitrogens with zero attached hydrogens (tertiary/aromatic N) is 1. The minimum atomic E-state index is -1.23. The van der Waals surface area contributed by atoms with E-state index in [0.717, 1.165) is 0 Å². The van der Waals surface area contributed by atoms with Crippen molar-refractivity contribution in [2.24, 2.45) is 0 Å². The van der Waals surface area contributed by atoms with Crippen molar-refractivity contribution in [3.8, 4) is 5.88 Å². The first-order valence-electron chi connectivity index (χ1n) is 5.34. The molecule has 0 spiro atoms. The first-order valence-corrected chi connectivity index (χ1v) is 5.34. The first kappa shape index (κ1) is 13.0. The van der Waals surface area contributed by atoms with Gasteiger partial charge in [-0.1, -0.05) is 0 Å². The van der Waals surface area contributed by atoms with Gasteiger partial charge in [0.15, 0.2) is 0 Å². The molecule has 1 fully saturated rings. The fourth-order valence-electron chi connectivity index (χ4n) is 1.92. The second-order valence-electron chi connectivity index (χ2n) is 3.94. The van der Waals surface area contributed by atoms with Crippen LogP contribution in [0.15, 0.2) is 11.0 Å². The average Bonchev–Trinajstić information content (AvgIpc) is 2.66. The quantitative estimate of drug-likeness (QED) is 0.491. The number of aromatic amines is 1. The summed E-state index contributed by atoms with van der Waals surface area (Å²) in [5.74, 6) is 0.102. The van der Waals surface area contributed by atoms with Crippen LogP contribution in [0.2, 0.25) is 0 Å². The lowest BCUT2D eigenvalue weighted by molar-refractivity contribution is -0.0235. The summed E-state index contributed by atoms with van der Waals surface area (Å²) in [5.41, 5.74) is -0.290. The zero-order chi connectivity index (χ0) is 13.3. The summed E-state index contributed by atoms with van der Waals surface area (Å²) in [4.78, 5) is 16.9. The number of aliphatic hydroxyl groups is 3. The topological polar surface area (TPSA) is 125 Å². The molecule has 4 N–H and O–H groups in total. The molecule has 0 unspecified atom stereocenters. The van der Waals surface area contributed by atoms with E-state index in [-0.39, 0.29) is 5.88 Å². The molecule has 18 heavy (non-hydrogen) atoms. The van der Waals surface area contributed by atoms with Crippen LogP contribution in [0.4, 0.5) is 0 Å². The summed E-state index contributed by atoms with van der Waals surface area (Å²) in [6.07, 6.45) is -3.05. The van der Waals surface area contributed by atoms with Gasteiger partial charge in [0.25, 0.3) is 0 Å². The Morgan fingerprint density at radius 3 is 2.78 bits per heavy atom. The van der Waals surface area contributed by atoms with E-state index >= 15 is 0 Å². The SMILES string of the molecule is COc1[nH]c(=O)ncc1[C@@H]1O[C@H](CO)[C@@H](O)[C@H]1O. The summed E-state index contributed by atoms with van der Waals surface area (Å²) in [6.45, 7) is -0.423. The number of aliphatic hydroxyl groups excluding tert-OH is 3. The van der Waals surface area contributed by atoms with Crippen LogP contribution in [-0.4, -0.2) is 57.3 Å². The van der Waals surface area contributed by atoms with E-state index in [4.69, 9.17) is 14.6 Å². The average molecular weight is 258 g/mol. The maximum atomic E-state index is 11.0. The number of ether oxygens (including phenoxy) is 2. The molecule has 0 amide bonds. The molecule has 8 heteroatoms. The van der Waals surface area contributed by atoms with Crippen LogP contribution in [-0.2, 0) is 4.74 Å². The van der Waals surface area contributed by atoms with Crippen LogP contribution in [0.5, 0.6) is 5.88 Å². The second-order valence-corrected chi connectivity index (χ2v) is 3.94. The zero-order valence-corrected chi connectivity index (χ0v) is 9.61. The van der Waals surface area contributed by atoms with E-state index in [0.29, 0.717) is 5.56 Å². The van der Waals surface area contributed by atoms with E-state index in [9.17, 15) is 15.0 Å². The van der Waals surface area contributed by atoms with Crippen molar-refractivity contribution >= 4 is 0 Å². The molecular weight excluding hydrogens is 244 g/mol. The van der Waals surface area contributed by atoms with Crippen molar-refractivity contribution in [1.82, 2.24) is 9.97 Å². The molecule has 1 saturated heterocycles. The van der Waals surface area contributed by atoms with Crippen molar-refractivity contribution in [2.75, 3.05) is 13.7 Å². The molecule has 1 aliphatic rings. The highest BCUT2D eigenvalue weighted by Gasteiger charge is 2.44. The Morgan fingerprint density at radius 2 is 2.22 bits per heavy atom. The first-order chi connectivity index (χ1) is 8.58. The van der Waals surface area contributed by atoms with Crippen molar-refractivity contribution < 1.29 is 24.8 Å². The minimum Gasteiger partial charge on any atom is -0.482 e. The highest BCUT2D eigenvalue weighted by atomic mass is 16.6. The molecule has 1 aromatic rings. The van der Waals surface area contributed by atoms with Gasteiger partial charge in [-0.15, -0.1) is 0 Å². The maximum absolute atomic E-state index is 11.0. The van der Waals surface area contributed by atoms with Gasteiger partial charge in [0.1, 0.15) is 24.4 Å². The third-order valence-electron chi connectivity index (χ3n) is 2.86. The van der Waals surface area contributed by atoms with E-state index < -0.39 is 36.7 Å². The highest BCUT2D eigenvalue weighted by Crippen LogP contribution is 2.36. The third-order valence-corrected chi connectivity index (χ3v) is 2.86. The Bertz CT molecular complexity index is 476. The minimum absolute atomic E-state index is 0.102. The lowest BCUT2D eigenvalue weighted by atomic mass is 10.0. The molecule has 4 atom stereocenters. The molecule has 1 aromatic heterocycles. The fourth-order valence-corrected chi connectivity index (χ4v) is 1.92. The highest BCUT2D eigenvalue weighted by molar-refractivity contribution is 5.27. The van der Waals surface area contributed by atoms with Gasteiger partial charge in [0.05, 0.1) is 19.3 Å². The molecule has 1 aliphatic heterocycles. The van der Waals surface area contributed by atoms with Gasteiger partial charge in [0.2, 0.25) is 5.88 Å². The number of hydrogen-bond acceptors (Lipinski definition) is 7. The number of nitrogens with one attached hydrogen (secondary N) is 1. The predicted octanol–water partition coefficient (Wildman–Crippen LogP) is -2.07. The smallest absolute Gasteiger partial charge is 0.347 e. The van der Waals surface area contributed by atoms with Crippen LogP contribution in [0.1, 0.15) is 11.7 Å². The monoisotopic (exact) mass is 258 g/mol. The number of H-pyrrole nitrogens is 1. The van der Waals surface area contributed by atoms with Gasteiger partial charge < -0.3 is 24.8 Å². The van der Waals surface area contributed by atoms with Gasteiger partial charge in [0, 0.05) is 6.20 Å². The largest absolute Gasteiger partial charge is 0.482 e. The summed E-state index contributed by atoms with van der Waals surface area (Å²) < 4.78 is 10.3. The van der Waals surface area contributed by atoms with E-state index in [1.165, 1.54) is 13.3 Å². The van der Waals surface area contributed by atoms with Crippen LogP contribution in [0.3, 0.4) is 0 Å². The number of hydrogen-bond donors (Lipinski definition) is 4. The molecule has 0 radical (unpaired) electrons. The lowest BCUT2D eigenvalue weighted by Gasteiger charge is -2.16. The second kappa shape index (κ2) is 5.02. The van der Waals surface area contributed by atoms with Gasteiger partial charge >= 0.3 is 5.69 Å². The maximum Gasteiger partial charge on any atom is 0.347 e. The lowest BCUT2D eigenvalue weighted by Crippen LogP contribution is -2.32. The third kappa shape index (κ3) is 2.10. The van der Waals surface area contributed by atoms with Crippen LogP contribution < -0.4 is 10.4 Å². The van der Waals surface area contributed by atoms with E-state index in [2.05, 4.69) is 9.97 Å². The summed E-state index contributed by atoms with van der Waals surface area (Å²) in [7, 11) is 1.34. The van der Waals surface area contributed by atoms with E-state index in [1.807, 2.05) is 0 Å². The predicted molar refractivity (Wildman–Crippen MR) is 58.1 cm³/mol. The van der Waals surface area contributed by atoms with Crippen molar-refractivity contribution in [3.05, 3.63) is 22.2 Å². The van der Waals surface area contributed by atoms with Gasteiger partial charge in [-0.05, 0) is 0 Å². The number of methoxy groups -OCH3 is 1. The Morgan fingerprint density at radius 1 is 1.50 bits per heavy atom. The molecule has 0 saturated carbocycles. The molecule has 8 nitrogen and oxygen atoms in total.